The summed E-state index contributed by atoms with van der Waals surface area (Å²) in [6.45, 7) is 4.76. The van der Waals surface area contributed by atoms with Gasteiger partial charge in [-0.15, -0.1) is 0 Å². The SMILES string of the molecule is CCn1nc(C)cc1C(=O)NCC1CCN(C(=O)C(F)(F)F)CC1. The van der Waals surface area contributed by atoms with Gasteiger partial charge in [-0.2, -0.15) is 18.3 Å². The second-order valence-electron chi connectivity index (χ2n) is 5.93. The van der Waals surface area contributed by atoms with E-state index in [2.05, 4.69) is 10.4 Å². The Labute approximate surface area is 138 Å². The molecule has 2 rings (SSSR count). The van der Waals surface area contributed by atoms with Crippen molar-refractivity contribution in [3.63, 3.8) is 0 Å². The second kappa shape index (κ2) is 7.23. The van der Waals surface area contributed by atoms with Gasteiger partial charge in [0.15, 0.2) is 0 Å². The summed E-state index contributed by atoms with van der Waals surface area (Å²) in [5.74, 6) is -1.97. The van der Waals surface area contributed by atoms with Gasteiger partial charge < -0.3 is 10.2 Å². The molecule has 0 aromatic carbocycles. The molecule has 6 nitrogen and oxygen atoms in total. The first-order valence-corrected chi connectivity index (χ1v) is 7.91. The van der Waals surface area contributed by atoms with E-state index in [0.717, 1.165) is 10.6 Å². The van der Waals surface area contributed by atoms with Crippen LogP contribution in [-0.4, -0.2) is 52.3 Å². The van der Waals surface area contributed by atoms with Gasteiger partial charge in [0.2, 0.25) is 0 Å². The molecule has 1 aromatic heterocycles. The average molecular weight is 346 g/mol. The minimum Gasteiger partial charge on any atom is -0.350 e. The van der Waals surface area contributed by atoms with Gasteiger partial charge in [-0.3, -0.25) is 14.3 Å². The van der Waals surface area contributed by atoms with Crippen molar-refractivity contribution < 1.29 is 22.8 Å². The molecule has 1 aromatic rings. The zero-order valence-corrected chi connectivity index (χ0v) is 13.7. The van der Waals surface area contributed by atoms with E-state index in [9.17, 15) is 22.8 Å². The molecule has 1 aliphatic rings. The molecule has 0 atom stereocenters. The molecule has 0 radical (unpaired) electrons. The Morgan fingerprint density at radius 3 is 2.50 bits per heavy atom. The molecule has 1 N–H and O–H groups in total. The third-order valence-corrected chi connectivity index (χ3v) is 4.13. The lowest BCUT2D eigenvalue weighted by Gasteiger charge is -2.32. The predicted molar refractivity (Wildman–Crippen MR) is 80.3 cm³/mol. The van der Waals surface area contributed by atoms with Crippen LogP contribution in [0.1, 0.15) is 35.9 Å². The minimum absolute atomic E-state index is 0.0604. The van der Waals surface area contributed by atoms with E-state index >= 15 is 0 Å². The number of piperidine rings is 1. The Morgan fingerprint density at radius 2 is 1.96 bits per heavy atom. The molecule has 9 heteroatoms. The highest BCUT2D eigenvalue weighted by molar-refractivity contribution is 5.92. The van der Waals surface area contributed by atoms with Gasteiger partial charge in [-0.1, -0.05) is 0 Å². The van der Waals surface area contributed by atoms with Gasteiger partial charge in [0.25, 0.3) is 5.91 Å². The van der Waals surface area contributed by atoms with Crippen LogP contribution in [0.4, 0.5) is 13.2 Å². The fourth-order valence-corrected chi connectivity index (χ4v) is 2.82. The Kier molecular flexibility index (Phi) is 5.51. The topological polar surface area (TPSA) is 67.2 Å². The largest absolute Gasteiger partial charge is 0.471 e. The highest BCUT2D eigenvalue weighted by Gasteiger charge is 2.43. The number of carbonyl (C=O) groups is 2. The first kappa shape index (κ1) is 18.3. The van der Waals surface area contributed by atoms with Crippen LogP contribution in [0.15, 0.2) is 6.07 Å². The summed E-state index contributed by atoms with van der Waals surface area (Å²) in [7, 11) is 0. The number of rotatable bonds is 4. The number of likely N-dealkylation sites (tertiary alicyclic amines) is 1. The molecule has 0 bridgehead atoms. The van der Waals surface area contributed by atoms with E-state index < -0.39 is 12.1 Å². The molecule has 134 valence electrons. The molecule has 0 spiro atoms. The summed E-state index contributed by atoms with van der Waals surface area (Å²) in [6, 6.07) is 1.70. The lowest BCUT2D eigenvalue weighted by Crippen LogP contribution is -2.46. The van der Waals surface area contributed by atoms with Crippen LogP contribution in [-0.2, 0) is 11.3 Å². The van der Waals surface area contributed by atoms with Gasteiger partial charge in [-0.25, -0.2) is 0 Å². The molecule has 24 heavy (non-hydrogen) atoms. The van der Waals surface area contributed by atoms with Crippen LogP contribution in [0.3, 0.4) is 0 Å². The maximum atomic E-state index is 12.4. The molecule has 0 aliphatic carbocycles. The number of hydrogen-bond donors (Lipinski definition) is 1. The number of nitrogens with zero attached hydrogens (tertiary/aromatic N) is 3. The first-order chi connectivity index (χ1) is 11.2. The van der Waals surface area contributed by atoms with Crippen molar-refractivity contribution in [3.05, 3.63) is 17.5 Å². The number of aromatic nitrogens is 2. The van der Waals surface area contributed by atoms with E-state index in [1.54, 1.807) is 17.7 Å². The number of hydrogen-bond acceptors (Lipinski definition) is 3. The van der Waals surface area contributed by atoms with Crippen molar-refractivity contribution in [2.75, 3.05) is 19.6 Å². The van der Waals surface area contributed by atoms with E-state index in [0.29, 0.717) is 31.6 Å². The first-order valence-electron chi connectivity index (χ1n) is 7.91. The third-order valence-electron chi connectivity index (χ3n) is 4.13. The molecule has 2 heterocycles. The molecular formula is C15H21F3N4O2. The van der Waals surface area contributed by atoms with E-state index in [1.807, 2.05) is 6.92 Å². The number of carbonyl (C=O) groups excluding carboxylic acids is 2. The third kappa shape index (κ3) is 4.27. The summed E-state index contributed by atoms with van der Waals surface area (Å²) >= 11 is 0. The van der Waals surface area contributed by atoms with Crippen LogP contribution < -0.4 is 5.32 Å². The summed E-state index contributed by atoms with van der Waals surface area (Å²) in [4.78, 5) is 24.2. The van der Waals surface area contributed by atoms with Gasteiger partial charge in [0, 0.05) is 26.2 Å². The standard InChI is InChI=1S/C15H21F3N4O2/c1-3-22-12(8-10(2)20-22)13(23)19-9-11-4-6-21(7-5-11)14(24)15(16,17)18/h8,11H,3-7,9H2,1-2H3,(H,19,23). The zero-order valence-electron chi connectivity index (χ0n) is 13.7. The molecule has 2 amide bonds. The molecular weight excluding hydrogens is 325 g/mol. The van der Waals surface area contributed by atoms with Gasteiger partial charge in [0.1, 0.15) is 5.69 Å². The normalized spacial score (nSPS) is 16.3. The van der Waals surface area contributed by atoms with Crippen molar-refractivity contribution in [3.8, 4) is 0 Å². The highest BCUT2D eigenvalue weighted by Crippen LogP contribution is 2.23. The number of aryl methyl sites for hydroxylation is 2. The van der Waals surface area contributed by atoms with Crippen LogP contribution in [0.25, 0.3) is 0 Å². The van der Waals surface area contributed by atoms with Gasteiger partial charge in [-0.05, 0) is 38.7 Å². The van der Waals surface area contributed by atoms with Crippen molar-refractivity contribution >= 4 is 11.8 Å². The average Bonchev–Trinajstić information content (AvgIpc) is 2.92. The highest BCUT2D eigenvalue weighted by atomic mass is 19.4. The smallest absolute Gasteiger partial charge is 0.350 e. The summed E-state index contributed by atoms with van der Waals surface area (Å²) in [5.41, 5.74) is 1.22. The Balaban J connectivity index is 1.82. The summed E-state index contributed by atoms with van der Waals surface area (Å²) in [6.07, 6.45) is -3.94. The molecule has 1 fully saturated rings. The molecule has 0 saturated carbocycles. The van der Waals surface area contributed by atoms with Gasteiger partial charge >= 0.3 is 12.1 Å². The number of nitrogens with one attached hydrogen (secondary N) is 1. The van der Waals surface area contributed by atoms with Crippen molar-refractivity contribution in [1.82, 2.24) is 20.0 Å². The lowest BCUT2D eigenvalue weighted by atomic mass is 9.96. The van der Waals surface area contributed by atoms with Crippen LogP contribution >= 0.6 is 0 Å². The van der Waals surface area contributed by atoms with E-state index in [4.69, 9.17) is 0 Å². The van der Waals surface area contributed by atoms with Gasteiger partial charge in [0.05, 0.1) is 5.69 Å². The Hall–Kier alpha value is -2.06. The fourth-order valence-electron chi connectivity index (χ4n) is 2.82. The maximum absolute atomic E-state index is 12.4. The number of amides is 2. The van der Waals surface area contributed by atoms with Crippen LogP contribution in [0, 0.1) is 12.8 Å². The van der Waals surface area contributed by atoms with Crippen LogP contribution in [0.5, 0.6) is 0 Å². The van der Waals surface area contributed by atoms with Crippen LogP contribution in [0.2, 0.25) is 0 Å². The van der Waals surface area contributed by atoms with Crippen molar-refractivity contribution in [2.24, 2.45) is 5.92 Å². The zero-order chi connectivity index (χ0) is 17.9. The van der Waals surface area contributed by atoms with Crippen molar-refractivity contribution in [2.45, 2.75) is 39.4 Å². The monoisotopic (exact) mass is 346 g/mol. The Morgan fingerprint density at radius 1 is 1.33 bits per heavy atom. The molecule has 1 aliphatic heterocycles. The second-order valence-corrected chi connectivity index (χ2v) is 5.93. The number of halogens is 3. The maximum Gasteiger partial charge on any atom is 0.471 e. The quantitative estimate of drug-likeness (QED) is 0.903. The summed E-state index contributed by atoms with van der Waals surface area (Å²) < 4.78 is 38.8. The molecule has 0 unspecified atom stereocenters. The number of alkyl halides is 3. The Bertz CT molecular complexity index is 604. The lowest BCUT2D eigenvalue weighted by molar-refractivity contribution is -0.186. The van der Waals surface area contributed by atoms with Crippen molar-refractivity contribution in [1.29, 1.82) is 0 Å². The summed E-state index contributed by atoms with van der Waals surface area (Å²) in [5, 5.41) is 7.01. The minimum atomic E-state index is -4.82. The van der Waals surface area contributed by atoms with E-state index in [-0.39, 0.29) is 24.9 Å². The predicted octanol–water partition coefficient (Wildman–Crippen LogP) is 1.74. The van der Waals surface area contributed by atoms with E-state index in [1.165, 1.54) is 0 Å². The fraction of sp³-hybridized carbons (Fsp3) is 0.667. The molecule has 1 saturated heterocycles.